The van der Waals surface area contributed by atoms with Crippen LogP contribution in [0.2, 0.25) is 0 Å². The van der Waals surface area contributed by atoms with Crippen LogP contribution in [0.4, 0.5) is 30.2 Å². The molecule has 5 nitrogen and oxygen atoms in total. The van der Waals surface area contributed by atoms with Crippen LogP contribution in [-0.2, 0) is 10.1 Å². The number of hydrogen-bond donors (Lipinski definition) is 0. The van der Waals surface area contributed by atoms with E-state index in [-0.39, 0.29) is 0 Å². The molecule has 0 fully saturated rings. The molecule has 0 spiro atoms. The van der Waals surface area contributed by atoms with Gasteiger partial charge in [0.05, 0.1) is 10.4 Å². The number of anilines is 3. The van der Waals surface area contributed by atoms with Crippen LogP contribution in [0.25, 0.3) is 73.4 Å². The van der Waals surface area contributed by atoms with Crippen molar-refractivity contribution >= 4 is 112 Å². The number of alkyl halides is 3. The maximum Gasteiger partial charge on any atom is 0.534 e. The molecule has 7 aromatic carbocycles. The lowest BCUT2D eigenvalue weighted by Gasteiger charge is -2.26. The second-order valence-electron chi connectivity index (χ2n) is 12.9. The molecular weight excluding hydrogens is 748 g/mol. The van der Waals surface area contributed by atoms with Crippen LogP contribution in [0.15, 0.2) is 150 Å². The number of benzene rings is 7. The van der Waals surface area contributed by atoms with Gasteiger partial charge in [0.1, 0.15) is 16.9 Å². The largest absolute Gasteiger partial charge is 0.534 e. The van der Waals surface area contributed by atoms with Gasteiger partial charge in [0.15, 0.2) is 0 Å². The Morgan fingerprint density at radius 1 is 0.537 bits per heavy atom. The van der Waals surface area contributed by atoms with Gasteiger partial charge in [-0.25, -0.2) is 0 Å². The van der Waals surface area contributed by atoms with Crippen LogP contribution in [0.1, 0.15) is 0 Å². The van der Waals surface area contributed by atoms with Crippen LogP contribution in [0.3, 0.4) is 0 Å². The van der Waals surface area contributed by atoms with Crippen LogP contribution >= 0.6 is 22.7 Å². The molecule has 0 saturated heterocycles. The molecule has 0 N–H and O–H groups in total. The fourth-order valence-corrected chi connectivity index (χ4v) is 9.86. The van der Waals surface area contributed by atoms with Crippen molar-refractivity contribution in [2.45, 2.75) is 5.51 Å². The van der Waals surface area contributed by atoms with Crippen LogP contribution in [-0.4, -0.2) is 13.9 Å². The lowest BCUT2D eigenvalue weighted by atomic mass is 10.0. The van der Waals surface area contributed by atoms with Crippen LogP contribution in [0, 0.1) is 0 Å². The molecule has 0 atom stereocenters. The minimum atomic E-state index is -5.98. The second-order valence-corrected chi connectivity index (χ2v) is 16.5. The van der Waals surface area contributed by atoms with E-state index < -0.39 is 21.4 Å². The van der Waals surface area contributed by atoms with Crippen LogP contribution < -0.4 is 9.08 Å². The molecule has 0 radical (unpaired) electrons. The first-order valence-electron chi connectivity index (χ1n) is 16.8. The lowest BCUT2D eigenvalue weighted by molar-refractivity contribution is -0.0500. The SMILES string of the molecule is O=S(=O)(Oc1cc(N(c2ccccc2)c2ccc3oc4ccccc4c3c2)c2sc3ccc(-c4ccc5sc6ccccc6c5c4)cc3c2c1)C(F)(F)F. The average molecular weight is 772 g/mol. The Labute approximate surface area is 313 Å². The van der Waals surface area contributed by atoms with Gasteiger partial charge in [0.25, 0.3) is 0 Å². The van der Waals surface area contributed by atoms with E-state index in [1.165, 1.54) is 38.3 Å². The zero-order valence-corrected chi connectivity index (χ0v) is 30.2. The summed E-state index contributed by atoms with van der Waals surface area (Å²) in [6.45, 7) is 0. The Balaban J connectivity index is 1.22. The Hall–Kier alpha value is -5.88. The molecule has 0 saturated carbocycles. The predicted molar refractivity (Wildman–Crippen MR) is 215 cm³/mol. The van der Waals surface area contributed by atoms with E-state index in [2.05, 4.69) is 30.3 Å². The highest BCUT2D eigenvalue weighted by Crippen LogP contribution is 2.49. The van der Waals surface area contributed by atoms with Crippen molar-refractivity contribution in [3.63, 3.8) is 0 Å². The number of fused-ring (bicyclic) bond motifs is 9. The molecule has 11 heteroatoms. The summed E-state index contributed by atoms with van der Waals surface area (Å²) in [7, 11) is -5.98. The highest BCUT2D eigenvalue weighted by atomic mass is 32.2. The maximum absolute atomic E-state index is 13.8. The summed E-state index contributed by atoms with van der Waals surface area (Å²) < 4.78 is 81.2. The first kappa shape index (κ1) is 32.7. The molecule has 0 aliphatic rings. The zero-order chi connectivity index (χ0) is 36.8. The summed E-state index contributed by atoms with van der Waals surface area (Å²) in [5, 5.41) is 5.37. The summed E-state index contributed by atoms with van der Waals surface area (Å²) in [6.07, 6.45) is 0. The molecule has 54 heavy (non-hydrogen) atoms. The van der Waals surface area contributed by atoms with Crippen molar-refractivity contribution in [2.24, 2.45) is 0 Å². The molecule has 0 aliphatic heterocycles. The Kier molecular flexibility index (Phi) is 7.32. The van der Waals surface area contributed by atoms with Crippen molar-refractivity contribution in [3.8, 4) is 16.9 Å². The molecule has 10 aromatic rings. The summed E-state index contributed by atoms with van der Waals surface area (Å²) in [5.41, 5.74) is -0.496. The normalized spacial score (nSPS) is 12.5. The van der Waals surface area contributed by atoms with Gasteiger partial charge in [0, 0.05) is 63.9 Å². The fourth-order valence-electron chi connectivity index (χ4n) is 7.17. The third-order valence-electron chi connectivity index (χ3n) is 9.60. The molecule has 10 rings (SSSR count). The van der Waals surface area contributed by atoms with Gasteiger partial charge in [-0.1, -0.05) is 66.7 Å². The number of para-hydroxylation sites is 2. The van der Waals surface area contributed by atoms with Gasteiger partial charge in [-0.15, -0.1) is 22.7 Å². The maximum atomic E-state index is 13.8. The zero-order valence-electron chi connectivity index (χ0n) is 27.8. The molecule has 0 unspecified atom stereocenters. The smallest absolute Gasteiger partial charge is 0.456 e. The summed E-state index contributed by atoms with van der Waals surface area (Å²) in [5.74, 6) is -0.457. The highest BCUT2D eigenvalue weighted by Gasteiger charge is 2.48. The van der Waals surface area contributed by atoms with E-state index in [4.69, 9.17) is 8.60 Å². The first-order chi connectivity index (χ1) is 26.1. The van der Waals surface area contributed by atoms with Gasteiger partial charge in [0.2, 0.25) is 0 Å². The molecule has 3 heterocycles. The molecular formula is C43H24F3NO4S3. The summed E-state index contributed by atoms with van der Waals surface area (Å²) in [4.78, 5) is 1.91. The van der Waals surface area contributed by atoms with Crippen molar-refractivity contribution in [3.05, 3.63) is 146 Å². The Morgan fingerprint density at radius 2 is 1.17 bits per heavy atom. The lowest BCUT2D eigenvalue weighted by Crippen LogP contribution is -2.28. The third kappa shape index (κ3) is 5.30. The first-order valence-corrected chi connectivity index (χ1v) is 19.8. The third-order valence-corrected chi connectivity index (χ3v) is 12.9. The van der Waals surface area contributed by atoms with Crippen LogP contribution in [0.5, 0.6) is 5.75 Å². The molecule has 264 valence electrons. The van der Waals surface area contributed by atoms with Crippen molar-refractivity contribution in [2.75, 3.05) is 4.90 Å². The van der Waals surface area contributed by atoms with E-state index >= 15 is 0 Å². The summed E-state index contributed by atoms with van der Waals surface area (Å²) in [6, 6.07) is 46.1. The second kappa shape index (κ2) is 12.1. The van der Waals surface area contributed by atoms with Gasteiger partial charge < -0.3 is 13.5 Å². The van der Waals surface area contributed by atoms with E-state index in [1.807, 2.05) is 108 Å². The fraction of sp³-hybridized carbons (Fsp3) is 0.0233. The standard InChI is InChI=1S/C43H24F3NO4S3/c44-43(45,46)54(48,49)51-29-23-35-34-21-26(25-14-18-40-33(20-25)31-11-5-7-13-39(31)52-40)15-19-41(34)53-42(35)36(24-29)47(27-8-2-1-3-9-27)28-16-17-38-32(22-28)30-10-4-6-12-37(30)50-38/h1-24H. The molecule has 3 aromatic heterocycles. The van der Waals surface area contributed by atoms with Crippen molar-refractivity contribution in [1.29, 1.82) is 0 Å². The number of halogens is 3. The van der Waals surface area contributed by atoms with Crippen molar-refractivity contribution < 1.29 is 30.2 Å². The Bertz CT molecular complexity index is 3220. The van der Waals surface area contributed by atoms with Gasteiger partial charge >= 0.3 is 15.6 Å². The monoisotopic (exact) mass is 771 g/mol. The Morgan fingerprint density at radius 3 is 1.93 bits per heavy atom. The van der Waals surface area contributed by atoms with Gasteiger partial charge in [-0.05, 0) is 83.9 Å². The topological polar surface area (TPSA) is 59.8 Å². The predicted octanol–water partition coefficient (Wildman–Crippen LogP) is 13.7. The van der Waals surface area contributed by atoms with E-state index in [1.54, 1.807) is 11.3 Å². The number of hydrogen-bond acceptors (Lipinski definition) is 7. The van der Waals surface area contributed by atoms with E-state index in [9.17, 15) is 21.6 Å². The van der Waals surface area contributed by atoms with Gasteiger partial charge in [-0.3, -0.25) is 0 Å². The number of nitrogens with zero attached hydrogens (tertiary/aromatic N) is 1. The van der Waals surface area contributed by atoms with E-state index in [0.717, 1.165) is 47.7 Å². The summed E-state index contributed by atoms with van der Waals surface area (Å²) >= 11 is 3.20. The minimum Gasteiger partial charge on any atom is -0.456 e. The molecule has 0 amide bonds. The van der Waals surface area contributed by atoms with E-state index in [0.29, 0.717) is 28.0 Å². The number of rotatable bonds is 6. The number of furan rings is 1. The number of thiophene rings is 2. The van der Waals surface area contributed by atoms with Gasteiger partial charge in [-0.2, -0.15) is 21.6 Å². The minimum absolute atomic E-state index is 0.451. The molecule has 0 aliphatic carbocycles. The highest BCUT2D eigenvalue weighted by molar-refractivity contribution is 7.88. The van der Waals surface area contributed by atoms with Crippen molar-refractivity contribution in [1.82, 2.24) is 0 Å². The quantitative estimate of drug-likeness (QED) is 0.124. The average Bonchev–Trinajstić information content (AvgIpc) is 3.85. The molecule has 0 bridgehead atoms.